The third-order valence-corrected chi connectivity index (χ3v) is 2.17. The van der Waals surface area contributed by atoms with E-state index in [0.717, 1.165) is 0 Å². The maximum Gasteiger partial charge on any atom is 0.303 e. The molecule has 0 radical (unpaired) electrons. The van der Waals surface area contributed by atoms with Gasteiger partial charge in [0.05, 0.1) is 5.69 Å². The minimum absolute atomic E-state index is 0.0193. The van der Waals surface area contributed by atoms with Crippen LogP contribution >= 0.6 is 0 Å². The number of nitrogens with one attached hydrogen (secondary N) is 1. The maximum absolute atomic E-state index is 13.7. The highest BCUT2D eigenvalue weighted by atomic mass is 19.1. The fourth-order valence-electron chi connectivity index (χ4n) is 1.47. The van der Waals surface area contributed by atoms with Crippen molar-refractivity contribution >= 4 is 11.7 Å². The molecule has 0 heterocycles. The zero-order valence-corrected chi connectivity index (χ0v) is 10.4. The van der Waals surface area contributed by atoms with Gasteiger partial charge < -0.3 is 10.4 Å². The van der Waals surface area contributed by atoms with Crippen molar-refractivity contribution in [2.45, 2.75) is 39.2 Å². The smallest absolute Gasteiger partial charge is 0.303 e. The third kappa shape index (κ3) is 4.85. The number of hydrogen-bond acceptors (Lipinski definition) is 2. The molecular weight excluding hydrogens is 221 g/mol. The van der Waals surface area contributed by atoms with Crippen LogP contribution in [0.25, 0.3) is 0 Å². The molecule has 0 amide bonds. The summed E-state index contributed by atoms with van der Waals surface area (Å²) < 4.78 is 13.7. The van der Waals surface area contributed by atoms with Crippen molar-refractivity contribution in [3.05, 3.63) is 29.6 Å². The van der Waals surface area contributed by atoms with Crippen LogP contribution in [0.4, 0.5) is 10.1 Å². The molecule has 0 unspecified atom stereocenters. The Morgan fingerprint density at radius 1 is 1.41 bits per heavy atom. The number of aliphatic carboxylic acids is 1. The Hall–Kier alpha value is -1.58. The van der Waals surface area contributed by atoms with Gasteiger partial charge in [0.15, 0.2) is 0 Å². The summed E-state index contributed by atoms with van der Waals surface area (Å²) in [5.74, 6) is -1.22. The minimum atomic E-state index is -0.873. The SMILES string of the molecule is CC(C)(C)Nc1ccc(CCC(=O)O)cc1F. The molecule has 1 aromatic rings. The summed E-state index contributed by atoms with van der Waals surface area (Å²) in [4.78, 5) is 10.4. The highest BCUT2D eigenvalue weighted by Crippen LogP contribution is 2.20. The minimum Gasteiger partial charge on any atom is -0.481 e. The summed E-state index contributed by atoms with van der Waals surface area (Å²) >= 11 is 0. The second-order valence-electron chi connectivity index (χ2n) is 5.08. The van der Waals surface area contributed by atoms with Crippen LogP contribution in [0.1, 0.15) is 32.8 Å². The summed E-state index contributed by atoms with van der Waals surface area (Å²) in [6.07, 6.45) is 0.369. The van der Waals surface area contributed by atoms with Crippen LogP contribution in [0.15, 0.2) is 18.2 Å². The molecule has 0 bridgehead atoms. The molecular formula is C13H18FNO2. The molecule has 0 aliphatic heterocycles. The van der Waals surface area contributed by atoms with E-state index in [1.54, 1.807) is 12.1 Å². The van der Waals surface area contributed by atoms with E-state index < -0.39 is 5.97 Å². The predicted molar refractivity (Wildman–Crippen MR) is 65.7 cm³/mol. The monoisotopic (exact) mass is 239 g/mol. The Labute approximate surface area is 101 Å². The lowest BCUT2D eigenvalue weighted by molar-refractivity contribution is -0.136. The van der Waals surface area contributed by atoms with Gasteiger partial charge >= 0.3 is 5.97 Å². The van der Waals surface area contributed by atoms with E-state index in [0.29, 0.717) is 17.7 Å². The van der Waals surface area contributed by atoms with E-state index in [1.165, 1.54) is 6.07 Å². The molecule has 0 atom stereocenters. The number of hydrogen-bond donors (Lipinski definition) is 2. The van der Waals surface area contributed by atoms with E-state index in [1.807, 2.05) is 20.8 Å². The van der Waals surface area contributed by atoms with Gasteiger partial charge in [0, 0.05) is 12.0 Å². The first-order chi connectivity index (χ1) is 7.78. The lowest BCUT2D eigenvalue weighted by atomic mass is 10.1. The average molecular weight is 239 g/mol. The predicted octanol–water partition coefficient (Wildman–Crippen LogP) is 3.05. The van der Waals surface area contributed by atoms with Crippen LogP contribution in [0.3, 0.4) is 0 Å². The molecule has 0 aromatic heterocycles. The quantitative estimate of drug-likeness (QED) is 0.849. The molecule has 2 N–H and O–H groups in total. The number of benzene rings is 1. The normalized spacial score (nSPS) is 11.3. The average Bonchev–Trinajstić information content (AvgIpc) is 2.17. The number of carbonyl (C=O) groups is 1. The molecule has 3 nitrogen and oxygen atoms in total. The lowest BCUT2D eigenvalue weighted by Crippen LogP contribution is -2.26. The van der Waals surface area contributed by atoms with E-state index in [4.69, 9.17) is 5.11 Å². The van der Waals surface area contributed by atoms with Gasteiger partial charge in [0.2, 0.25) is 0 Å². The summed E-state index contributed by atoms with van der Waals surface area (Å²) in [5, 5.41) is 11.6. The molecule has 17 heavy (non-hydrogen) atoms. The number of carboxylic acids is 1. The second-order valence-corrected chi connectivity index (χ2v) is 5.08. The maximum atomic E-state index is 13.7. The number of carboxylic acid groups (broad SMARTS) is 1. The largest absolute Gasteiger partial charge is 0.481 e. The van der Waals surface area contributed by atoms with Gasteiger partial charge in [-0.25, -0.2) is 4.39 Å². The van der Waals surface area contributed by atoms with Crippen molar-refractivity contribution in [2.75, 3.05) is 5.32 Å². The standard InChI is InChI=1S/C13H18FNO2/c1-13(2,3)15-11-6-4-9(8-10(11)14)5-7-12(16)17/h4,6,8,15H,5,7H2,1-3H3,(H,16,17). The molecule has 0 aliphatic rings. The highest BCUT2D eigenvalue weighted by Gasteiger charge is 2.12. The van der Waals surface area contributed by atoms with Crippen molar-refractivity contribution in [2.24, 2.45) is 0 Å². The van der Waals surface area contributed by atoms with Crippen molar-refractivity contribution < 1.29 is 14.3 Å². The van der Waals surface area contributed by atoms with Gasteiger partial charge in [0.25, 0.3) is 0 Å². The lowest BCUT2D eigenvalue weighted by Gasteiger charge is -2.22. The van der Waals surface area contributed by atoms with E-state index >= 15 is 0 Å². The van der Waals surface area contributed by atoms with Crippen LogP contribution in [0.2, 0.25) is 0 Å². The molecule has 0 spiro atoms. The molecule has 0 aliphatic carbocycles. The molecule has 1 aromatic carbocycles. The van der Waals surface area contributed by atoms with Gasteiger partial charge in [-0.1, -0.05) is 6.07 Å². The fourth-order valence-corrected chi connectivity index (χ4v) is 1.47. The summed E-state index contributed by atoms with van der Waals surface area (Å²) in [6, 6.07) is 4.79. The Bertz CT molecular complexity index is 410. The van der Waals surface area contributed by atoms with Gasteiger partial charge in [-0.05, 0) is 44.9 Å². The number of anilines is 1. The summed E-state index contributed by atoms with van der Waals surface area (Å²) in [5.41, 5.74) is 0.935. The molecule has 0 saturated carbocycles. The first kappa shape index (κ1) is 13.5. The molecule has 0 saturated heterocycles. The first-order valence-electron chi connectivity index (χ1n) is 5.56. The summed E-state index contributed by atoms with van der Waals surface area (Å²) in [7, 11) is 0. The van der Waals surface area contributed by atoms with E-state index in [-0.39, 0.29) is 17.8 Å². The Kier molecular flexibility index (Phi) is 4.10. The van der Waals surface area contributed by atoms with Gasteiger partial charge in [-0.15, -0.1) is 0 Å². The molecule has 0 fully saturated rings. The van der Waals surface area contributed by atoms with E-state index in [9.17, 15) is 9.18 Å². The van der Waals surface area contributed by atoms with Crippen molar-refractivity contribution in [3.63, 3.8) is 0 Å². The zero-order valence-electron chi connectivity index (χ0n) is 10.4. The molecule has 4 heteroatoms. The van der Waals surface area contributed by atoms with E-state index in [2.05, 4.69) is 5.32 Å². The highest BCUT2D eigenvalue weighted by molar-refractivity contribution is 5.67. The second kappa shape index (κ2) is 5.17. The number of rotatable bonds is 4. The zero-order chi connectivity index (χ0) is 13.1. The van der Waals surface area contributed by atoms with Crippen LogP contribution in [0, 0.1) is 5.82 Å². The Morgan fingerprint density at radius 3 is 2.53 bits per heavy atom. The van der Waals surface area contributed by atoms with Crippen LogP contribution in [-0.4, -0.2) is 16.6 Å². The number of aryl methyl sites for hydroxylation is 1. The van der Waals surface area contributed by atoms with Crippen LogP contribution < -0.4 is 5.32 Å². The first-order valence-corrected chi connectivity index (χ1v) is 5.56. The van der Waals surface area contributed by atoms with Crippen molar-refractivity contribution in [1.29, 1.82) is 0 Å². The Morgan fingerprint density at radius 2 is 2.06 bits per heavy atom. The number of halogens is 1. The summed E-state index contributed by atoms with van der Waals surface area (Å²) in [6.45, 7) is 5.85. The van der Waals surface area contributed by atoms with Gasteiger partial charge in [0.1, 0.15) is 5.82 Å². The molecule has 94 valence electrons. The van der Waals surface area contributed by atoms with Crippen LogP contribution in [0.5, 0.6) is 0 Å². The fraction of sp³-hybridized carbons (Fsp3) is 0.462. The topological polar surface area (TPSA) is 49.3 Å². The van der Waals surface area contributed by atoms with Gasteiger partial charge in [-0.3, -0.25) is 4.79 Å². The van der Waals surface area contributed by atoms with Crippen molar-refractivity contribution in [3.8, 4) is 0 Å². The third-order valence-electron chi connectivity index (χ3n) is 2.17. The van der Waals surface area contributed by atoms with Crippen LogP contribution in [-0.2, 0) is 11.2 Å². The Balaban J connectivity index is 2.76. The molecule has 1 rings (SSSR count). The van der Waals surface area contributed by atoms with Gasteiger partial charge in [-0.2, -0.15) is 0 Å². The van der Waals surface area contributed by atoms with Crippen molar-refractivity contribution in [1.82, 2.24) is 0 Å².